The molecule has 2 rings (SSSR count). The Morgan fingerprint density at radius 2 is 1.90 bits per heavy atom. The number of carbonyl (C=O) groups is 1. The molecule has 0 saturated carbocycles. The summed E-state index contributed by atoms with van der Waals surface area (Å²) in [6.45, 7) is 0. The van der Waals surface area contributed by atoms with Crippen LogP contribution in [0, 0.1) is 0 Å². The average Bonchev–Trinajstić information content (AvgIpc) is 2.45. The highest BCUT2D eigenvalue weighted by Gasteiger charge is 2.09. The van der Waals surface area contributed by atoms with Gasteiger partial charge >= 0.3 is 0 Å². The molecule has 1 amide bonds. The Balaban J connectivity index is 1.96. The van der Waals surface area contributed by atoms with Gasteiger partial charge in [0.15, 0.2) is 0 Å². The summed E-state index contributed by atoms with van der Waals surface area (Å²) in [6.07, 6.45) is 0. The van der Waals surface area contributed by atoms with Crippen LogP contribution in [-0.2, 0) is 4.79 Å². The number of hydrogen-bond donors (Lipinski definition) is 2. The molecule has 0 bridgehead atoms. The fraction of sp³-hybridized carbons (Fsp3) is 0.0714. The average molecular weight is 362 g/mol. The molecule has 110 valence electrons. The fourth-order valence-corrected chi connectivity index (χ4v) is 2.86. The summed E-state index contributed by atoms with van der Waals surface area (Å²) < 4.78 is 0. The van der Waals surface area contributed by atoms with Gasteiger partial charge in [-0.3, -0.25) is 4.79 Å². The van der Waals surface area contributed by atoms with Crippen molar-refractivity contribution in [1.82, 2.24) is 0 Å². The van der Waals surface area contributed by atoms with Crippen molar-refractivity contribution in [2.75, 3.05) is 16.8 Å². The number of nitrogen functional groups attached to an aromatic ring is 1. The van der Waals surface area contributed by atoms with E-state index in [1.54, 1.807) is 30.3 Å². The number of amides is 1. The molecule has 0 unspecified atom stereocenters. The van der Waals surface area contributed by atoms with E-state index in [4.69, 9.17) is 40.5 Å². The van der Waals surface area contributed by atoms with Crippen molar-refractivity contribution in [3.63, 3.8) is 0 Å². The monoisotopic (exact) mass is 360 g/mol. The molecule has 3 nitrogen and oxygen atoms in total. The maximum atomic E-state index is 11.9. The van der Waals surface area contributed by atoms with Crippen molar-refractivity contribution in [3.8, 4) is 0 Å². The van der Waals surface area contributed by atoms with Gasteiger partial charge in [-0.15, -0.1) is 11.8 Å². The highest BCUT2D eigenvalue weighted by atomic mass is 35.5. The van der Waals surface area contributed by atoms with Crippen LogP contribution in [0.4, 0.5) is 11.4 Å². The molecule has 2 aromatic rings. The molecule has 3 N–H and O–H groups in total. The van der Waals surface area contributed by atoms with E-state index in [1.807, 2.05) is 6.07 Å². The molecular weight excluding hydrogens is 351 g/mol. The minimum Gasteiger partial charge on any atom is -0.398 e. The van der Waals surface area contributed by atoms with E-state index >= 15 is 0 Å². The van der Waals surface area contributed by atoms with Gasteiger partial charge in [-0.1, -0.05) is 40.9 Å². The van der Waals surface area contributed by atoms with Crippen molar-refractivity contribution < 1.29 is 4.79 Å². The number of rotatable bonds is 4. The predicted octanol–water partition coefficient (Wildman–Crippen LogP) is 4.96. The molecule has 0 aromatic heterocycles. The molecule has 0 aliphatic heterocycles. The Morgan fingerprint density at radius 1 is 1.14 bits per heavy atom. The molecule has 0 atom stereocenters. The van der Waals surface area contributed by atoms with Crippen molar-refractivity contribution in [2.24, 2.45) is 0 Å². The third-order valence-corrected chi connectivity index (χ3v) is 4.71. The van der Waals surface area contributed by atoms with Crippen LogP contribution in [0.25, 0.3) is 0 Å². The summed E-state index contributed by atoms with van der Waals surface area (Å²) in [4.78, 5) is 12.8. The number of halogens is 3. The second kappa shape index (κ2) is 7.27. The van der Waals surface area contributed by atoms with Crippen LogP contribution >= 0.6 is 46.6 Å². The number of carbonyl (C=O) groups excluding carboxylic acids is 1. The number of nitrogens with one attached hydrogen (secondary N) is 1. The minimum absolute atomic E-state index is 0.183. The van der Waals surface area contributed by atoms with Crippen LogP contribution in [0.2, 0.25) is 15.1 Å². The van der Waals surface area contributed by atoms with E-state index in [0.29, 0.717) is 26.4 Å². The Kier molecular flexibility index (Phi) is 5.65. The van der Waals surface area contributed by atoms with Gasteiger partial charge in [0.05, 0.1) is 32.2 Å². The minimum atomic E-state index is -0.183. The van der Waals surface area contributed by atoms with Crippen LogP contribution in [0.3, 0.4) is 0 Å². The largest absolute Gasteiger partial charge is 0.398 e. The van der Waals surface area contributed by atoms with E-state index in [-0.39, 0.29) is 11.7 Å². The third-order valence-electron chi connectivity index (χ3n) is 2.57. The Labute approximate surface area is 141 Å². The van der Waals surface area contributed by atoms with E-state index in [2.05, 4.69) is 5.32 Å². The van der Waals surface area contributed by atoms with Crippen LogP contribution in [0.5, 0.6) is 0 Å². The first kappa shape index (κ1) is 16.3. The second-order valence-electron chi connectivity index (χ2n) is 4.12. The van der Waals surface area contributed by atoms with Gasteiger partial charge in [0, 0.05) is 4.90 Å². The normalized spacial score (nSPS) is 10.4. The Bertz CT molecular complexity index is 679. The van der Waals surface area contributed by atoms with Crippen LogP contribution < -0.4 is 11.1 Å². The maximum Gasteiger partial charge on any atom is 0.234 e. The maximum absolute atomic E-state index is 11.9. The zero-order chi connectivity index (χ0) is 15.4. The van der Waals surface area contributed by atoms with Crippen molar-refractivity contribution >= 4 is 63.8 Å². The lowest BCUT2D eigenvalue weighted by molar-refractivity contribution is -0.113. The molecule has 0 spiro atoms. The summed E-state index contributed by atoms with van der Waals surface area (Å²) in [5.74, 6) is 0.0421. The first-order chi connectivity index (χ1) is 9.97. The van der Waals surface area contributed by atoms with Gasteiger partial charge in [-0.25, -0.2) is 0 Å². The van der Waals surface area contributed by atoms with Gasteiger partial charge in [0.25, 0.3) is 0 Å². The first-order valence-corrected chi connectivity index (χ1v) is 8.01. The number of benzene rings is 2. The molecule has 0 aliphatic rings. The fourth-order valence-electron chi connectivity index (χ4n) is 1.53. The smallest absolute Gasteiger partial charge is 0.234 e. The van der Waals surface area contributed by atoms with Gasteiger partial charge in [0.1, 0.15) is 0 Å². The summed E-state index contributed by atoms with van der Waals surface area (Å²) in [5, 5.41) is 3.91. The zero-order valence-electron chi connectivity index (χ0n) is 10.7. The van der Waals surface area contributed by atoms with Crippen LogP contribution in [-0.4, -0.2) is 11.7 Å². The van der Waals surface area contributed by atoms with E-state index in [1.165, 1.54) is 11.8 Å². The quantitative estimate of drug-likeness (QED) is 0.598. The standard InChI is InChI=1S/C14H11Cl3N2OS/c15-9-2-1-3-12(14(9)17)19-13(20)7-21-8-4-5-11(18)10(16)6-8/h1-6H,7,18H2,(H,19,20). The van der Waals surface area contributed by atoms with Crippen molar-refractivity contribution in [2.45, 2.75) is 4.90 Å². The Hall–Kier alpha value is -1.07. The molecule has 0 saturated heterocycles. The van der Waals surface area contributed by atoms with Crippen molar-refractivity contribution in [3.05, 3.63) is 51.5 Å². The second-order valence-corrected chi connectivity index (χ2v) is 6.36. The summed E-state index contributed by atoms with van der Waals surface area (Å²) in [7, 11) is 0. The molecular formula is C14H11Cl3N2OS. The van der Waals surface area contributed by atoms with E-state index < -0.39 is 0 Å². The van der Waals surface area contributed by atoms with Gasteiger partial charge < -0.3 is 11.1 Å². The molecule has 21 heavy (non-hydrogen) atoms. The van der Waals surface area contributed by atoms with Gasteiger partial charge in [-0.2, -0.15) is 0 Å². The van der Waals surface area contributed by atoms with E-state index in [9.17, 15) is 4.79 Å². The molecule has 0 heterocycles. The molecule has 7 heteroatoms. The lowest BCUT2D eigenvalue weighted by atomic mass is 10.3. The first-order valence-electron chi connectivity index (χ1n) is 5.89. The lowest BCUT2D eigenvalue weighted by Crippen LogP contribution is -2.14. The number of anilines is 2. The number of hydrogen-bond acceptors (Lipinski definition) is 3. The summed E-state index contributed by atoms with van der Waals surface area (Å²) >= 11 is 19.2. The van der Waals surface area contributed by atoms with Crippen LogP contribution in [0.15, 0.2) is 41.3 Å². The molecule has 0 fully saturated rings. The van der Waals surface area contributed by atoms with Crippen LogP contribution in [0.1, 0.15) is 0 Å². The molecule has 0 aliphatic carbocycles. The SMILES string of the molecule is Nc1ccc(SCC(=O)Nc2cccc(Cl)c2Cl)cc1Cl. The zero-order valence-corrected chi connectivity index (χ0v) is 13.8. The summed E-state index contributed by atoms with van der Waals surface area (Å²) in [6, 6.07) is 10.3. The summed E-state index contributed by atoms with van der Waals surface area (Å²) in [5.41, 5.74) is 6.63. The van der Waals surface area contributed by atoms with Gasteiger partial charge in [-0.05, 0) is 30.3 Å². The van der Waals surface area contributed by atoms with Crippen molar-refractivity contribution in [1.29, 1.82) is 0 Å². The van der Waals surface area contributed by atoms with E-state index in [0.717, 1.165) is 4.90 Å². The highest BCUT2D eigenvalue weighted by Crippen LogP contribution is 2.30. The topological polar surface area (TPSA) is 55.1 Å². The third kappa shape index (κ3) is 4.45. The van der Waals surface area contributed by atoms with Gasteiger partial charge in [0.2, 0.25) is 5.91 Å². The number of nitrogens with two attached hydrogens (primary N) is 1. The predicted molar refractivity (Wildman–Crippen MR) is 91.7 cm³/mol. The lowest BCUT2D eigenvalue weighted by Gasteiger charge is -2.08. The molecule has 0 radical (unpaired) electrons. The Morgan fingerprint density at radius 3 is 2.62 bits per heavy atom. The molecule has 2 aromatic carbocycles. The number of thioether (sulfide) groups is 1. The highest BCUT2D eigenvalue weighted by molar-refractivity contribution is 8.00.